The number of carboxylic acid groups (broad SMARTS) is 1. The maximum absolute atomic E-state index is 12.5. The molecule has 1 aromatic heterocycles. The molecule has 0 aliphatic carbocycles. The number of hydrogen-bond donors (Lipinski definition) is 2. The van der Waals surface area contributed by atoms with Gasteiger partial charge in [0.05, 0.1) is 5.75 Å². The van der Waals surface area contributed by atoms with Crippen LogP contribution >= 0.6 is 11.8 Å². The van der Waals surface area contributed by atoms with E-state index in [1.165, 1.54) is 16.6 Å². The third-order valence-corrected chi connectivity index (χ3v) is 4.32. The molecule has 1 aromatic carbocycles. The van der Waals surface area contributed by atoms with Crippen LogP contribution in [0.2, 0.25) is 0 Å². The molecule has 0 fully saturated rings. The van der Waals surface area contributed by atoms with E-state index in [0.717, 1.165) is 5.56 Å². The van der Waals surface area contributed by atoms with Crippen LogP contribution in [0.1, 0.15) is 19.9 Å². The lowest BCUT2D eigenvalue weighted by atomic mass is 10.0. The Morgan fingerprint density at radius 2 is 2.00 bits per heavy atom. The summed E-state index contributed by atoms with van der Waals surface area (Å²) in [4.78, 5) is 24.3. The van der Waals surface area contributed by atoms with Gasteiger partial charge < -0.3 is 10.4 Å². The second-order valence-corrected chi connectivity index (χ2v) is 6.83. The molecule has 0 aliphatic heterocycles. The lowest BCUT2D eigenvalue weighted by molar-refractivity contribution is -0.134. The molecule has 0 saturated heterocycles. The summed E-state index contributed by atoms with van der Waals surface area (Å²) in [6.07, 6.45) is 0. The maximum Gasteiger partial charge on any atom is 0.313 e. The number of nitrogens with zero attached hydrogens (tertiary/aromatic N) is 4. The molecule has 9 heteroatoms. The Bertz CT molecular complexity index is 705. The molecule has 1 heterocycles. The van der Waals surface area contributed by atoms with Crippen LogP contribution in [0.4, 0.5) is 0 Å². The van der Waals surface area contributed by atoms with E-state index < -0.39 is 12.0 Å². The topological polar surface area (TPSA) is 110 Å². The Labute approximate surface area is 150 Å². The average Bonchev–Trinajstić information content (AvgIpc) is 3.04. The molecule has 25 heavy (non-hydrogen) atoms. The molecule has 1 unspecified atom stereocenters. The van der Waals surface area contributed by atoms with Gasteiger partial charge in [-0.25, -0.2) is 0 Å². The van der Waals surface area contributed by atoms with Gasteiger partial charge in [-0.3, -0.25) is 9.59 Å². The Morgan fingerprint density at radius 3 is 2.64 bits per heavy atom. The van der Waals surface area contributed by atoms with Crippen molar-refractivity contribution in [3.8, 4) is 11.4 Å². The SMILES string of the molecule is CC(C)C(C(=O)NCCSCC(=O)O)n1nnc(-c2ccccc2)n1. The zero-order valence-electron chi connectivity index (χ0n) is 14.1. The molecular formula is C16H21N5O3S. The van der Waals surface area contributed by atoms with E-state index in [0.29, 0.717) is 18.1 Å². The van der Waals surface area contributed by atoms with Crippen molar-refractivity contribution in [1.82, 2.24) is 25.5 Å². The summed E-state index contributed by atoms with van der Waals surface area (Å²) in [6, 6.07) is 8.86. The Hall–Kier alpha value is -2.42. The van der Waals surface area contributed by atoms with Crippen LogP contribution in [0.25, 0.3) is 11.4 Å². The lowest BCUT2D eigenvalue weighted by Gasteiger charge is -2.18. The number of nitrogens with one attached hydrogen (secondary N) is 1. The van der Waals surface area contributed by atoms with Gasteiger partial charge in [-0.05, 0) is 11.1 Å². The second-order valence-electron chi connectivity index (χ2n) is 5.73. The summed E-state index contributed by atoms with van der Waals surface area (Å²) in [5.74, 6) is -0.0718. The van der Waals surface area contributed by atoms with Crippen molar-refractivity contribution in [2.75, 3.05) is 18.1 Å². The van der Waals surface area contributed by atoms with Crippen molar-refractivity contribution in [2.24, 2.45) is 5.92 Å². The highest BCUT2D eigenvalue weighted by molar-refractivity contribution is 7.99. The third kappa shape index (κ3) is 5.56. The summed E-state index contributed by atoms with van der Waals surface area (Å²) >= 11 is 1.26. The first-order valence-corrected chi connectivity index (χ1v) is 9.06. The zero-order chi connectivity index (χ0) is 18.2. The Morgan fingerprint density at radius 1 is 1.28 bits per heavy atom. The number of amides is 1. The van der Waals surface area contributed by atoms with E-state index in [1.807, 2.05) is 44.2 Å². The van der Waals surface area contributed by atoms with Crippen molar-refractivity contribution in [1.29, 1.82) is 0 Å². The van der Waals surface area contributed by atoms with Crippen molar-refractivity contribution < 1.29 is 14.7 Å². The number of rotatable bonds is 9. The van der Waals surface area contributed by atoms with E-state index in [1.54, 1.807) is 0 Å². The number of hydrogen-bond acceptors (Lipinski definition) is 6. The largest absolute Gasteiger partial charge is 0.481 e. The monoisotopic (exact) mass is 363 g/mol. The summed E-state index contributed by atoms with van der Waals surface area (Å²) in [6.45, 7) is 4.21. The van der Waals surface area contributed by atoms with E-state index in [9.17, 15) is 9.59 Å². The minimum Gasteiger partial charge on any atom is -0.481 e. The number of carbonyl (C=O) groups excluding carboxylic acids is 1. The van der Waals surface area contributed by atoms with Gasteiger partial charge in [0.1, 0.15) is 0 Å². The number of tetrazole rings is 1. The van der Waals surface area contributed by atoms with Gasteiger partial charge in [-0.15, -0.1) is 22.0 Å². The van der Waals surface area contributed by atoms with Crippen molar-refractivity contribution in [3.63, 3.8) is 0 Å². The first-order chi connectivity index (χ1) is 12.0. The summed E-state index contributed by atoms with van der Waals surface area (Å²) in [5.41, 5.74) is 0.835. The Kier molecular flexibility index (Phi) is 6.93. The minimum absolute atomic E-state index is 0.0224. The second kappa shape index (κ2) is 9.16. The fraction of sp³-hybridized carbons (Fsp3) is 0.438. The average molecular weight is 363 g/mol. The molecule has 1 atom stereocenters. The molecule has 8 nitrogen and oxygen atoms in total. The fourth-order valence-electron chi connectivity index (χ4n) is 2.23. The molecule has 0 spiro atoms. The molecule has 2 rings (SSSR count). The first-order valence-electron chi connectivity index (χ1n) is 7.91. The minimum atomic E-state index is -0.864. The van der Waals surface area contributed by atoms with Crippen molar-refractivity contribution in [3.05, 3.63) is 30.3 Å². The number of aliphatic carboxylic acids is 1. The van der Waals surface area contributed by atoms with Crippen molar-refractivity contribution in [2.45, 2.75) is 19.9 Å². The highest BCUT2D eigenvalue weighted by atomic mass is 32.2. The van der Waals surface area contributed by atoms with E-state index in [2.05, 4.69) is 20.7 Å². The van der Waals surface area contributed by atoms with Crippen LogP contribution in [0.5, 0.6) is 0 Å². The predicted molar refractivity (Wildman–Crippen MR) is 95.1 cm³/mol. The standard InChI is InChI=1S/C16H21N5O3S/c1-11(2)14(16(24)17-8-9-25-10-13(22)23)21-19-15(18-20-21)12-6-4-3-5-7-12/h3-7,11,14H,8-10H2,1-2H3,(H,17,24)(H,22,23). The quantitative estimate of drug-likeness (QED) is 0.649. The lowest BCUT2D eigenvalue weighted by Crippen LogP contribution is -2.37. The number of aromatic nitrogens is 4. The van der Waals surface area contributed by atoms with Gasteiger partial charge >= 0.3 is 5.97 Å². The summed E-state index contributed by atoms with van der Waals surface area (Å²) in [7, 11) is 0. The molecular weight excluding hydrogens is 342 g/mol. The molecule has 0 bridgehead atoms. The molecule has 0 aliphatic rings. The van der Waals surface area contributed by atoms with Gasteiger partial charge in [0.2, 0.25) is 11.7 Å². The highest BCUT2D eigenvalue weighted by Crippen LogP contribution is 2.18. The van der Waals surface area contributed by atoms with Crippen LogP contribution in [0.15, 0.2) is 30.3 Å². The van der Waals surface area contributed by atoms with Crippen molar-refractivity contribution >= 4 is 23.6 Å². The van der Waals surface area contributed by atoms with Gasteiger partial charge in [0, 0.05) is 17.9 Å². The number of carboxylic acids is 1. The van der Waals surface area contributed by atoms with E-state index >= 15 is 0 Å². The normalized spacial score (nSPS) is 12.1. The first kappa shape index (κ1) is 18.9. The molecule has 134 valence electrons. The molecule has 0 saturated carbocycles. The Balaban J connectivity index is 1.99. The molecule has 2 aromatic rings. The number of benzene rings is 1. The van der Waals surface area contributed by atoms with Crippen LogP contribution in [0, 0.1) is 5.92 Å². The molecule has 0 radical (unpaired) electrons. The molecule has 2 N–H and O–H groups in total. The van der Waals surface area contributed by atoms with Crippen LogP contribution in [-0.2, 0) is 9.59 Å². The van der Waals surface area contributed by atoms with E-state index in [4.69, 9.17) is 5.11 Å². The van der Waals surface area contributed by atoms with Crippen LogP contribution in [0.3, 0.4) is 0 Å². The van der Waals surface area contributed by atoms with Gasteiger partial charge in [-0.1, -0.05) is 44.2 Å². The van der Waals surface area contributed by atoms with E-state index in [-0.39, 0.29) is 17.6 Å². The summed E-state index contributed by atoms with van der Waals surface area (Å²) < 4.78 is 0. The van der Waals surface area contributed by atoms with Gasteiger partial charge in [0.15, 0.2) is 6.04 Å². The molecule has 1 amide bonds. The number of thioether (sulfide) groups is 1. The zero-order valence-corrected chi connectivity index (χ0v) is 14.9. The summed E-state index contributed by atoms with van der Waals surface area (Å²) in [5, 5.41) is 23.8. The van der Waals surface area contributed by atoms with Gasteiger partial charge in [0.25, 0.3) is 0 Å². The maximum atomic E-state index is 12.5. The van der Waals surface area contributed by atoms with Crippen LogP contribution in [-0.4, -0.2) is 55.2 Å². The third-order valence-electron chi connectivity index (χ3n) is 3.38. The fourth-order valence-corrected chi connectivity index (χ4v) is 2.80. The van der Waals surface area contributed by atoms with Gasteiger partial charge in [-0.2, -0.15) is 4.80 Å². The van der Waals surface area contributed by atoms with Crippen LogP contribution < -0.4 is 5.32 Å². The highest BCUT2D eigenvalue weighted by Gasteiger charge is 2.26. The smallest absolute Gasteiger partial charge is 0.313 e. The number of carbonyl (C=O) groups is 2. The predicted octanol–water partition coefficient (Wildman–Crippen LogP) is 1.47.